The van der Waals surface area contributed by atoms with Crippen LogP contribution in [0.5, 0.6) is 0 Å². The van der Waals surface area contributed by atoms with Crippen molar-refractivity contribution >= 4 is 22.6 Å². The lowest BCUT2D eigenvalue weighted by Gasteiger charge is -2.16. The predicted octanol–water partition coefficient (Wildman–Crippen LogP) is 2.95. The minimum atomic E-state index is -0.519. The number of nitrogens with zero attached hydrogens (tertiary/aromatic N) is 1. The molecule has 0 unspecified atom stereocenters. The molecule has 1 atom stereocenters. The van der Waals surface area contributed by atoms with Gasteiger partial charge in [0.1, 0.15) is 6.04 Å². The van der Waals surface area contributed by atoms with E-state index in [2.05, 4.69) is 10.3 Å². The second kappa shape index (κ2) is 7.79. The number of aromatic nitrogens is 1. The van der Waals surface area contributed by atoms with Crippen LogP contribution in [0.1, 0.15) is 11.1 Å². The largest absolute Gasteiger partial charge is 0.468 e. The number of hydrogen-bond donors (Lipinski definition) is 2. The van der Waals surface area contributed by atoms with Gasteiger partial charge in [-0.05, 0) is 17.2 Å². The maximum absolute atomic E-state index is 12.2. The maximum atomic E-state index is 12.2. The number of nitro benzene ring substituents is 1. The lowest BCUT2D eigenvalue weighted by atomic mass is 10.0. The zero-order valence-electron chi connectivity index (χ0n) is 14.3. The molecule has 0 bridgehead atoms. The third-order valence-electron chi connectivity index (χ3n) is 4.28. The Bertz CT molecular complexity index is 918. The number of esters is 1. The summed E-state index contributed by atoms with van der Waals surface area (Å²) in [5.41, 5.74) is 2.93. The fraction of sp³-hybridized carbons (Fsp3) is 0.211. The van der Waals surface area contributed by atoms with E-state index in [0.29, 0.717) is 13.0 Å². The smallest absolute Gasteiger partial charge is 0.323 e. The van der Waals surface area contributed by atoms with Crippen molar-refractivity contribution in [3.8, 4) is 0 Å². The Morgan fingerprint density at radius 2 is 1.96 bits per heavy atom. The fourth-order valence-corrected chi connectivity index (χ4v) is 2.88. The summed E-state index contributed by atoms with van der Waals surface area (Å²) in [4.78, 5) is 25.6. The fourth-order valence-electron chi connectivity index (χ4n) is 2.88. The van der Waals surface area contributed by atoms with E-state index in [-0.39, 0.29) is 11.7 Å². The first-order valence-electron chi connectivity index (χ1n) is 8.18. The molecular weight excluding hydrogens is 334 g/mol. The summed E-state index contributed by atoms with van der Waals surface area (Å²) in [6.45, 7) is 0.403. The summed E-state index contributed by atoms with van der Waals surface area (Å²) >= 11 is 0. The zero-order valence-corrected chi connectivity index (χ0v) is 14.3. The molecule has 26 heavy (non-hydrogen) atoms. The van der Waals surface area contributed by atoms with Gasteiger partial charge in [0, 0.05) is 42.2 Å². The second-order valence-corrected chi connectivity index (χ2v) is 5.94. The van der Waals surface area contributed by atoms with Gasteiger partial charge in [-0.3, -0.25) is 14.9 Å². The number of H-pyrrole nitrogens is 1. The number of benzene rings is 2. The van der Waals surface area contributed by atoms with Gasteiger partial charge < -0.3 is 15.0 Å². The molecule has 2 aromatic carbocycles. The molecule has 0 radical (unpaired) electrons. The van der Waals surface area contributed by atoms with Crippen molar-refractivity contribution in [3.63, 3.8) is 0 Å². The average molecular weight is 353 g/mol. The van der Waals surface area contributed by atoms with Crippen LogP contribution < -0.4 is 5.32 Å². The highest BCUT2D eigenvalue weighted by Crippen LogP contribution is 2.19. The molecule has 0 aliphatic heterocycles. The third kappa shape index (κ3) is 3.89. The van der Waals surface area contributed by atoms with E-state index in [4.69, 9.17) is 4.74 Å². The number of carbonyl (C=O) groups excluding carboxylic acids is 1. The van der Waals surface area contributed by atoms with Gasteiger partial charge in [-0.2, -0.15) is 0 Å². The highest BCUT2D eigenvalue weighted by atomic mass is 16.6. The number of nitrogens with one attached hydrogen (secondary N) is 2. The molecule has 0 fully saturated rings. The van der Waals surface area contributed by atoms with Crippen molar-refractivity contribution in [2.45, 2.75) is 19.0 Å². The van der Waals surface area contributed by atoms with Crippen LogP contribution in [-0.4, -0.2) is 29.0 Å². The molecule has 1 heterocycles. The van der Waals surface area contributed by atoms with Crippen LogP contribution in [-0.2, 0) is 22.5 Å². The first kappa shape index (κ1) is 17.6. The van der Waals surface area contributed by atoms with Crippen molar-refractivity contribution in [1.82, 2.24) is 10.3 Å². The zero-order chi connectivity index (χ0) is 18.5. The summed E-state index contributed by atoms with van der Waals surface area (Å²) in [6.07, 6.45) is 2.37. The van der Waals surface area contributed by atoms with E-state index in [1.807, 2.05) is 30.5 Å². The molecule has 3 rings (SSSR count). The molecule has 2 N–H and O–H groups in total. The maximum Gasteiger partial charge on any atom is 0.323 e. The first-order valence-corrected chi connectivity index (χ1v) is 8.18. The highest BCUT2D eigenvalue weighted by molar-refractivity contribution is 5.84. The summed E-state index contributed by atoms with van der Waals surface area (Å²) in [5.74, 6) is -0.350. The molecule has 0 saturated heterocycles. The SMILES string of the molecule is COC(=O)[C@@H](Cc1c[nH]c2ccccc12)NCc1ccc([N+](=O)[O-])cc1. The molecular formula is C19H19N3O4. The van der Waals surface area contributed by atoms with Gasteiger partial charge in [-0.1, -0.05) is 30.3 Å². The van der Waals surface area contributed by atoms with Crippen molar-refractivity contribution < 1.29 is 14.5 Å². The Hall–Kier alpha value is -3.19. The summed E-state index contributed by atoms with van der Waals surface area (Å²) in [5, 5.41) is 15.0. The van der Waals surface area contributed by atoms with Crippen LogP contribution in [0.2, 0.25) is 0 Å². The minimum absolute atomic E-state index is 0.0389. The number of carbonyl (C=O) groups is 1. The molecule has 7 heteroatoms. The Balaban J connectivity index is 1.72. The molecule has 7 nitrogen and oxygen atoms in total. The molecule has 3 aromatic rings. The number of methoxy groups -OCH3 is 1. The van der Waals surface area contributed by atoms with Crippen molar-refractivity contribution in [2.75, 3.05) is 7.11 Å². The third-order valence-corrected chi connectivity index (χ3v) is 4.28. The topological polar surface area (TPSA) is 97.3 Å². The van der Waals surface area contributed by atoms with Gasteiger partial charge in [0.15, 0.2) is 0 Å². The number of hydrogen-bond acceptors (Lipinski definition) is 5. The van der Waals surface area contributed by atoms with Crippen LogP contribution in [0, 0.1) is 10.1 Å². The lowest BCUT2D eigenvalue weighted by molar-refractivity contribution is -0.384. The van der Waals surface area contributed by atoms with Crippen molar-refractivity contribution in [2.24, 2.45) is 0 Å². The molecule has 0 amide bonds. The molecule has 0 aliphatic rings. The average Bonchev–Trinajstić information content (AvgIpc) is 3.07. The summed E-state index contributed by atoms with van der Waals surface area (Å²) in [6, 6.07) is 13.6. The van der Waals surface area contributed by atoms with Crippen LogP contribution in [0.25, 0.3) is 10.9 Å². The summed E-state index contributed by atoms with van der Waals surface area (Å²) in [7, 11) is 1.36. The Morgan fingerprint density at radius 3 is 2.65 bits per heavy atom. The molecule has 0 aliphatic carbocycles. The van der Waals surface area contributed by atoms with E-state index in [1.165, 1.54) is 19.2 Å². The van der Waals surface area contributed by atoms with Gasteiger partial charge in [-0.25, -0.2) is 0 Å². The summed E-state index contributed by atoms with van der Waals surface area (Å²) < 4.78 is 4.91. The molecule has 1 aromatic heterocycles. The minimum Gasteiger partial charge on any atom is -0.468 e. The number of ether oxygens (including phenoxy) is 1. The van der Waals surface area contributed by atoms with E-state index in [9.17, 15) is 14.9 Å². The lowest BCUT2D eigenvalue weighted by Crippen LogP contribution is -2.39. The van der Waals surface area contributed by atoms with Gasteiger partial charge in [0.2, 0.25) is 0 Å². The Morgan fingerprint density at radius 1 is 1.23 bits per heavy atom. The molecule has 0 saturated carbocycles. The van der Waals surface area contributed by atoms with Crippen LogP contribution in [0.15, 0.2) is 54.7 Å². The number of rotatable bonds is 7. The number of fused-ring (bicyclic) bond motifs is 1. The Kier molecular flexibility index (Phi) is 5.28. The van der Waals surface area contributed by atoms with Crippen LogP contribution in [0.3, 0.4) is 0 Å². The van der Waals surface area contributed by atoms with E-state index in [0.717, 1.165) is 22.0 Å². The quantitative estimate of drug-likeness (QED) is 0.387. The number of nitro groups is 1. The van der Waals surface area contributed by atoms with Gasteiger partial charge >= 0.3 is 5.97 Å². The van der Waals surface area contributed by atoms with Gasteiger partial charge in [0.25, 0.3) is 5.69 Å². The standard InChI is InChI=1S/C19H19N3O4/c1-26-19(23)18(10-14-12-21-17-5-3-2-4-16(14)17)20-11-13-6-8-15(9-7-13)22(24)25/h2-9,12,18,20-21H,10-11H2,1H3/t18-/m1/s1. The van der Waals surface area contributed by atoms with Crippen LogP contribution in [0.4, 0.5) is 5.69 Å². The van der Waals surface area contributed by atoms with E-state index >= 15 is 0 Å². The molecule has 134 valence electrons. The second-order valence-electron chi connectivity index (χ2n) is 5.94. The highest BCUT2D eigenvalue weighted by Gasteiger charge is 2.20. The number of para-hydroxylation sites is 1. The van der Waals surface area contributed by atoms with E-state index in [1.54, 1.807) is 12.1 Å². The van der Waals surface area contributed by atoms with Gasteiger partial charge in [0.05, 0.1) is 12.0 Å². The van der Waals surface area contributed by atoms with Crippen molar-refractivity contribution in [3.05, 3.63) is 76.0 Å². The predicted molar refractivity (Wildman–Crippen MR) is 97.7 cm³/mol. The van der Waals surface area contributed by atoms with Crippen molar-refractivity contribution in [1.29, 1.82) is 0 Å². The van der Waals surface area contributed by atoms with Crippen LogP contribution >= 0.6 is 0 Å². The van der Waals surface area contributed by atoms with Gasteiger partial charge in [-0.15, -0.1) is 0 Å². The Labute approximate surface area is 150 Å². The number of aromatic amines is 1. The number of non-ortho nitro benzene ring substituents is 1. The molecule has 0 spiro atoms. The monoisotopic (exact) mass is 353 g/mol. The normalized spacial score (nSPS) is 12.0. The first-order chi connectivity index (χ1) is 12.6. The van der Waals surface area contributed by atoms with E-state index < -0.39 is 11.0 Å².